The average molecular weight is 395 g/mol. The van der Waals surface area contributed by atoms with E-state index >= 15 is 0 Å². The summed E-state index contributed by atoms with van der Waals surface area (Å²) in [6, 6.07) is 2.76. The summed E-state index contributed by atoms with van der Waals surface area (Å²) >= 11 is 8.73. The molecule has 1 rings (SSSR count). The minimum absolute atomic E-state index is 0.0487. The Morgan fingerprint density at radius 1 is 1.32 bits per heavy atom. The molecule has 0 bridgehead atoms. The molecule has 0 saturated carbocycles. The van der Waals surface area contributed by atoms with Crippen LogP contribution < -0.4 is 0 Å². The van der Waals surface area contributed by atoms with Gasteiger partial charge in [-0.2, -0.15) is 0 Å². The number of aliphatic imine (C=N–C) groups is 1. The van der Waals surface area contributed by atoms with Crippen molar-refractivity contribution >= 4 is 51.4 Å². The summed E-state index contributed by atoms with van der Waals surface area (Å²) in [6.45, 7) is 3.41. The Morgan fingerprint density at radius 2 is 1.86 bits per heavy atom. The Morgan fingerprint density at radius 3 is 2.36 bits per heavy atom. The molecule has 1 aromatic rings. The van der Waals surface area contributed by atoms with E-state index < -0.39 is 23.7 Å². The Hall–Kier alpha value is -1.47. The molecule has 120 valence electrons. The third-order valence-electron chi connectivity index (χ3n) is 2.46. The first-order valence-corrected chi connectivity index (χ1v) is 7.60. The van der Waals surface area contributed by atoms with E-state index in [9.17, 15) is 14.0 Å². The van der Waals surface area contributed by atoms with Gasteiger partial charge in [-0.3, -0.25) is 14.6 Å². The number of rotatable bonds is 6. The van der Waals surface area contributed by atoms with Gasteiger partial charge in [0.25, 0.3) is 0 Å². The molecule has 8 heteroatoms. The van der Waals surface area contributed by atoms with Crippen LogP contribution in [0, 0.1) is 11.7 Å². The Labute approximate surface area is 140 Å². The fraction of sp³-hybridized carbons (Fsp3) is 0.357. The fourth-order valence-corrected chi connectivity index (χ4v) is 1.93. The van der Waals surface area contributed by atoms with Gasteiger partial charge in [-0.05, 0) is 41.9 Å². The van der Waals surface area contributed by atoms with Gasteiger partial charge >= 0.3 is 11.9 Å². The van der Waals surface area contributed by atoms with Crippen LogP contribution in [0.25, 0.3) is 0 Å². The van der Waals surface area contributed by atoms with Gasteiger partial charge in [0, 0.05) is 6.21 Å². The molecule has 1 aromatic carbocycles. The lowest BCUT2D eigenvalue weighted by Crippen LogP contribution is -2.29. The molecule has 0 aliphatic heterocycles. The van der Waals surface area contributed by atoms with E-state index in [1.165, 1.54) is 12.1 Å². The van der Waals surface area contributed by atoms with Crippen LogP contribution >= 0.6 is 27.5 Å². The molecule has 0 aliphatic rings. The Balaban J connectivity index is 3.05. The number of nitrogens with zero attached hydrogens (tertiary/aromatic N) is 1. The quantitative estimate of drug-likeness (QED) is 0.319. The van der Waals surface area contributed by atoms with Crippen molar-refractivity contribution in [2.75, 3.05) is 13.2 Å². The molecule has 0 atom stereocenters. The summed E-state index contributed by atoms with van der Waals surface area (Å²) in [5.74, 6) is -3.67. The molecule has 0 amide bonds. The minimum Gasteiger partial charge on any atom is -0.465 e. The maximum Gasteiger partial charge on any atom is 0.325 e. The highest BCUT2D eigenvalue weighted by Crippen LogP contribution is 2.31. The second-order valence-corrected chi connectivity index (χ2v) is 5.15. The highest BCUT2D eigenvalue weighted by atomic mass is 79.9. The van der Waals surface area contributed by atoms with Crippen molar-refractivity contribution in [2.45, 2.75) is 13.8 Å². The number of benzene rings is 1. The SMILES string of the molecule is CCOC(=O)C(C=Nc1ccc(Cl)c(Br)c1F)C(=O)OCC. The molecule has 0 unspecified atom stereocenters. The molecule has 0 N–H and O–H groups in total. The Kier molecular flexibility index (Phi) is 7.47. The standard InChI is InChI=1S/C14H14BrClFNO4/c1-3-21-13(19)8(14(20)22-4-2)7-18-10-6-5-9(16)11(15)12(10)17/h5-8H,3-4H2,1-2H3. The number of hydrogen-bond acceptors (Lipinski definition) is 5. The maximum atomic E-state index is 13.9. The third-order valence-corrected chi connectivity index (χ3v) is 3.78. The lowest BCUT2D eigenvalue weighted by molar-refractivity contribution is -0.157. The highest BCUT2D eigenvalue weighted by Gasteiger charge is 2.28. The van der Waals surface area contributed by atoms with Crippen molar-refractivity contribution in [2.24, 2.45) is 10.9 Å². The van der Waals surface area contributed by atoms with Crippen LogP contribution in [0.1, 0.15) is 13.8 Å². The molecule has 0 saturated heterocycles. The van der Waals surface area contributed by atoms with Crippen LogP contribution in [-0.4, -0.2) is 31.4 Å². The van der Waals surface area contributed by atoms with Crippen LogP contribution in [0.3, 0.4) is 0 Å². The summed E-state index contributed by atoms with van der Waals surface area (Å²) in [5.41, 5.74) is -0.0742. The first-order chi connectivity index (χ1) is 10.4. The van der Waals surface area contributed by atoms with E-state index in [4.69, 9.17) is 21.1 Å². The molecule has 0 spiro atoms. The number of carbonyl (C=O) groups is 2. The second kappa shape index (κ2) is 8.85. The maximum absolute atomic E-state index is 13.9. The van der Waals surface area contributed by atoms with Crippen molar-refractivity contribution < 1.29 is 23.5 Å². The lowest BCUT2D eigenvalue weighted by atomic mass is 10.1. The van der Waals surface area contributed by atoms with Gasteiger partial charge in [0.2, 0.25) is 0 Å². The lowest BCUT2D eigenvalue weighted by Gasteiger charge is -2.10. The number of ether oxygens (including phenoxy) is 2. The second-order valence-electron chi connectivity index (χ2n) is 3.95. The van der Waals surface area contributed by atoms with Crippen LogP contribution in [0.4, 0.5) is 10.1 Å². The summed E-state index contributed by atoms with van der Waals surface area (Å²) in [6.07, 6.45) is 0.995. The Bertz CT molecular complexity index is 576. The molecular formula is C14H14BrClFNO4. The van der Waals surface area contributed by atoms with E-state index in [2.05, 4.69) is 20.9 Å². The predicted octanol–water partition coefficient (Wildman–Crippen LogP) is 3.69. The first-order valence-electron chi connectivity index (χ1n) is 6.43. The number of hydrogen-bond donors (Lipinski definition) is 0. The average Bonchev–Trinajstić information content (AvgIpc) is 2.48. The van der Waals surface area contributed by atoms with Gasteiger partial charge < -0.3 is 9.47 Å². The van der Waals surface area contributed by atoms with Crippen molar-refractivity contribution in [3.05, 3.63) is 27.4 Å². The normalized spacial score (nSPS) is 11.0. The highest BCUT2D eigenvalue weighted by molar-refractivity contribution is 9.10. The third kappa shape index (κ3) is 4.78. The molecule has 0 radical (unpaired) electrons. The van der Waals surface area contributed by atoms with Gasteiger partial charge in [-0.1, -0.05) is 11.6 Å². The monoisotopic (exact) mass is 393 g/mol. The van der Waals surface area contributed by atoms with Crippen LogP contribution in [0.15, 0.2) is 21.6 Å². The smallest absolute Gasteiger partial charge is 0.325 e. The van der Waals surface area contributed by atoms with Crippen molar-refractivity contribution in [1.29, 1.82) is 0 Å². The van der Waals surface area contributed by atoms with E-state index in [0.717, 1.165) is 6.21 Å². The number of esters is 2. The van der Waals surface area contributed by atoms with Gasteiger partial charge in [0.15, 0.2) is 11.7 Å². The van der Waals surface area contributed by atoms with Gasteiger partial charge in [-0.25, -0.2) is 4.39 Å². The molecule has 0 aromatic heterocycles. The number of carbonyl (C=O) groups excluding carboxylic acids is 2. The summed E-state index contributed by atoms with van der Waals surface area (Å²) in [7, 11) is 0. The predicted molar refractivity (Wildman–Crippen MR) is 84.0 cm³/mol. The molecule has 5 nitrogen and oxygen atoms in total. The topological polar surface area (TPSA) is 65.0 Å². The minimum atomic E-state index is -1.35. The fourth-order valence-electron chi connectivity index (χ4n) is 1.45. The first kappa shape index (κ1) is 18.6. The zero-order chi connectivity index (χ0) is 16.7. The molecular weight excluding hydrogens is 381 g/mol. The zero-order valence-corrected chi connectivity index (χ0v) is 14.3. The van der Waals surface area contributed by atoms with E-state index in [0.29, 0.717) is 0 Å². The molecule has 0 heterocycles. The largest absolute Gasteiger partial charge is 0.465 e. The van der Waals surface area contributed by atoms with E-state index in [-0.39, 0.29) is 28.4 Å². The summed E-state index contributed by atoms with van der Waals surface area (Å²) in [5, 5.41) is 0.184. The van der Waals surface area contributed by atoms with Crippen molar-refractivity contribution in [3.8, 4) is 0 Å². The van der Waals surface area contributed by atoms with Crippen molar-refractivity contribution in [3.63, 3.8) is 0 Å². The summed E-state index contributed by atoms with van der Waals surface area (Å²) < 4.78 is 23.5. The molecule has 0 aliphatic carbocycles. The summed E-state index contributed by atoms with van der Waals surface area (Å²) in [4.78, 5) is 27.3. The van der Waals surface area contributed by atoms with Crippen LogP contribution in [0.5, 0.6) is 0 Å². The number of halogens is 3. The van der Waals surface area contributed by atoms with Gasteiger partial charge in [0.1, 0.15) is 0 Å². The van der Waals surface area contributed by atoms with E-state index in [1.54, 1.807) is 13.8 Å². The van der Waals surface area contributed by atoms with Crippen LogP contribution in [0.2, 0.25) is 5.02 Å². The molecule has 22 heavy (non-hydrogen) atoms. The zero-order valence-electron chi connectivity index (χ0n) is 11.9. The van der Waals surface area contributed by atoms with Crippen molar-refractivity contribution in [1.82, 2.24) is 0 Å². The van der Waals surface area contributed by atoms with Crippen LogP contribution in [-0.2, 0) is 19.1 Å². The molecule has 0 fully saturated rings. The van der Waals surface area contributed by atoms with Gasteiger partial charge in [-0.15, -0.1) is 0 Å². The van der Waals surface area contributed by atoms with E-state index in [1.807, 2.05) is 0 Å². The van der Waals surface area contributed by atoms with Gasteiger partial charge in [0.05, 0.1) is 28.4 Å².